The lowest BCUT2D eigenvalue weighted by Gasteiger charge is -2.33. The minimum absolute atomic E-state index is 0.786. The van der Waals surface area contributed by atoms with Gasteiger partial charge in [0.05, 0.1) is 16.7 Å². The summed E-state index contributed by atoms with van der Waals surface area (Å²) in [6.45, 7) is 2.08. The molecule has 0 bridgehead atoms. The highest BCUT2D eigenvalue weighted by molar-refractivity contribution is 5.86. The summed E-state index contributed by atoms with van der Waals surface area (Å²) in [7, 11) is 0. The highest BCUT2D eigenvalue weighted by Crippen LogP contribution is 2.40. The molecule has 136 valence electrons. The number of fused-ring (bicyclic) bond motifs is 2. The number of aryl methyl sites for hydroxylation is 1. The summed E-state index contributed by atoms with van der Waals surface area (Å²) in [4.78, 5) is 9.75. The van der Waals surface area contributed by atoms with Gasteiger partial charge in [-0.3, -0.25) is 4.57 Å². The van der Waals surface area contributed by atoms with Crippen LogP contribution in [0.2, 0.25) is 0 Å². The largest absolute Gasteiger partial charge is 0.384 e. The Morgan fingerprint density at radius 3 is 2.22 bits per heavy atom. The van der Waals surface area contributed by atoms with Gasteiger partial charge >= 0.3 is 0 Å². The summed E-state index contributed by atoms with van der Waals surface area (Å²) >= 11 is 0. The molecule has 27 heavy (non-hydrogen) atoms. The molecule has 2 heterocycles. The first-order valence-corrected chi connectivity index (χ1v) is 9.72. The number of benzene rings is 2. The minimum atomic E-state index is -0.822. The van der Waals surface area contributed by atoms with Crippen molar-refractivity contribution >= 4 is 22.2 Å². The van der Waals surface area contributed by atoms with Crippen molar-refractivity contribution in [1.82, 2.24) is 14.5 Å². The van der Waals surface area contributed by atoms with Crippen LogP contribution < -0.4 is 0 Å². The van der Waals surface area contributed by atoms with Gasteiger partial charge in [-0.05, 0) is 50.1 Å². The number of para-hydroxylation sites is 2. The first-order chi connectivity index (χ1) is 13.1. The van der Waals surface area contributed by atoms with E-state index in [0.29, 0.717) is 0 Å². The van der Waals surface area contributed by atoms with E-state index >= 15 is 0 Å². The second kappa shape index (κ2) is 6.17. The molecular formula is C23H23N3O. The van der Waals surface area contributed by atoms with E-state index in [0.717, 1.165) is 59.3 Å². The monoisotopic (exact) mass is 357 g/mol. The lowest BCUT2D eigenvalue weighted by atomic mass is 9.82. The van der Waals surface area contributed by atoms with Crippen molar-refractivity contribution < 1.29 is 5.11 Å². The van der Waals surface area contributed by atoms with Gasteiger partial charge in [0, 0.05) is 5.69 Å². The molecule has 1 aliphatic carbocycles. The fourth-order valence-corrected chi connectivity index (χ4v) is 4.26. The summed E-state index contributed by atoms with van der Waals surface area (Å²) < 4.78 is 2.11. The lowest BCUT2D eigenvalue weighted by Crippen LogP contribution is -2.30. The Morgan fingerprint density at radius 2 is 1.52 bits per heavy atom. The van der Waals surface area contributed by atoms with Crippen LogP contribution in [0.5, 0.6) is 0 Å². The van der Waals surface area contributed by atoms with Crippen molar-refractivity contribution in [3.05, 3.63) is 65.9 Å². The van der Waals surface area contributed by atoms with Crippen LogP contribution in [-0.2, 0) is 5.60 Å². The summed E-state index contributed by atoms with van der Waals surface area (Å²) in [5, 5.41) is 11.5. The second-order valence-corrected chi connectivity index (χ2v) is 7.71. The van der Waals surface area contributed by atoms with Gasteiger partial charge in [0.25, 0.3) is 0 Å². The third-order valence-electron chi connectivity index (χ3n) is 5.75. The Labute approximate surface area is 158 Å². The molecule has 0 unspecified atom stereocenters. The van der Waals surface area contributed by atoms with Gasteiger partial charge in [-0.1, -0.05) is 49.1 Å². The molecule has 1 saturated carbocycles. The predicted octanol–water partition coefficient (Wildman–Crippen LogP) is 5.03. The van der Waals surface area contributed by atoms with Crippen LogP contribution in [0, 0.1) is 6.92 Å². The van der Waals surface area contributed by atoms with E-state index in [1.54, 1.807) is 0 Å². The van der Waals surface area contributed by atoms with Gasteiger partial charge in [0.1, 0.15) is 11.1 Å². The molecule has 2 aromatic heterocycles. The van der Waals surface area contributed by atoms with Crippen molar-refractivity contribution in [2.45, 2.75) is 44.6 Å². The maximum Gasteiger partial charge on any atom is 0.164 e. The van der Waals surface area contributed by atoms with Crippen molar-refractivity contribution in [3.8, 4) is 5.69 Å². The van der Waals surface area contributed by atoms with Gasteiger partial charge in [-0.25, -0.2) is 9.97 Å². The van der Waals surface area contributed by atoms with Crippen LogP contribution in [0.15, 0.2) is 54.6 Å². The number of hydrogen-bond donors (Lipinski definition) is 1. The maximum absolute atomic E-state index is 11.5. The number of aromatic nitrogens is 3. The maximum atomic E-state index is 11.5. The van der Waals surface area contributed by atoms with Gasteiger partial charge in [0.15, 0.2) is 5.65 Å². The standard InChI is InChI=1S/C23H23N3O/c1-16-9-11-17(12-10-16)26-21(23(27)13-5-2-6-14-23)15-20-22(26)25-19-8-4-3-7-18(19)24-20/h3-4,7-12,15,27H,2,5-6,13-14H2,1H3. The molecule has 1 aliphatic rings. The Bertz CT molecular complexity index is 1120. The van der Waals surface area contributed by atoms with Crippen molar-refractivity contribution in [3.63, 3.8) is 0 Å². The van der Waals surface area contributed by atoms with E-state index in [2.05, 4.69) is 35.8 Å². The third kappa shape index (κ3) is 2.72. The zero-order chi connectivity index (χ0) is 18.4. The molecule has 0 aliphatic heterocycles. The molecule has 0 radical (unpaired) electrons. The predicted molar refractivity (Wildman–Crippen MR) is 108 cm³/mol. The van der Waals surface area contributed by atoms with Gasteiger partial charge in [-0.2, -0.15) is 0 Å². The summed E-state index contributed by atoms with van der Waals surface area (Å²) in [5.41, 5.74) is 5.73. The fourth-order valence-electron chi connectivity index (χ4n) is 4.26. The van der Waals surface area contributed by atoms with E-state index in [9.17, 15) is 5.11 Å². The van der Waals surface area contributed by atoms with Gasteiger partial charge in [0.2, 0.25) is 0 Å². The zero-order valence-corrected chi connectivity index (χ0v) is 15.5. The molecule has 0 amide bonds. The summed E-state index contributed by atoms with van der Waals surface area (Å²) in [6.07, 6.45) is 4.86. The number of rotatable bonds is 2. The molecule has 0 spiro atoms. The normalized spacial score (nSPS) is 16.8. The molecule has 0 saturated heterocycles. The molecular weight excluding hydrogens is 334 g/mol. The van der Waals surface area contributed by atoms with E-state index in [4.69, 9.17) is 9.97 Å². The van der Waals surface area contributed by atoms with E-state index in [-0.39, 0.29) is 0 Å². The summed E-state index contributed by atoms with van der Waals surface area (Å²) in [5.74, 6) is 0. The van der Waals surface area contributed by atoms with Crippen LogP contribution in [0.25, 0.3) is 27.9 Å². The van der Waals surface area contributed by atoms with E-state index < -0.39 is 5.60 Å². The van der Waals surface area contributed by atoms with E-state index in [1.165, 1.54) is 12.0 Å². The van der Waals surface area contributed by atoms with Crippen molar-refractivity contribution in [2.24, 2.45) is 0 Å². The zero-order valence-electron chi connectivity index (χ0n) is 15.5. The topological polar surface area (TPSA) is 50.9 Å². The third-order valence-corrected chi connectivity index (χ3v) is 5.75. The quantitative estimate of drug-likeness (QED) is 0.547. The Hall–Kier alpha value is -2.72. The molecule has 4 nitrogen and oxygen atoms in total. The van der Waals surface area contributed by atoms with Crippen LogP contribution in [-0.4, -0.2) is 19.6 Å². The van der Waals surface area contributed by atoms with Crippen LogP contribution in [0.3, 0.4) is 0 Å². The van der Waals surface area contributed by atoms with Gasteiger partial charge in [-0.15, -0.1) is 0 Å². The highest BCUT2D eigenvalue weighted by atomic mass is 16.3. The SMILES string of the molecule is Cc1ccc(-n2c(C3(O)CCCCC3)cc3nc4ccccc4nc32)cc1. The van der Waals surface area contributed by atoms with Crippen LogP contribution >= 0.6 is 0 Å². The molecule has 5 rings (SSSR count). The first kappa shape index (κ1) is 16.5. The Kier molecular flexibility index (Phi) is 3.76. The molecule has 4 aromatic rings. The second-order valence-electron chi connectivity index (χ2n) is 7.71. The molecule has 0 atom stereocenters. The average molecular weight is 357 g/mol. The van der Waals surface area contributed by atoms with Gasteiger partial charge < -0.3 is 5.11 Å². The number of hydrogen-bond acceptors (Lipinski definition) is 3. The van der Waals surface area contributed by atoms with Crippen molar-refractivity contribution in [2.75, 3.05) is 0 Å². The number of aliphatic hydroxyl groups is 1. The molecule has 1 N–H and O–H groups in total. The molecule has 4 heteroatoms. The smallest absolute Gasteiger partial charge is 0.164 e. The van der Waals surface area contributed by atoms with Crippen LogP contribution in [0.1, 0.15) is 43.4 Å². The minimum Gasteiger partial charge on any atom is -0.384 e. The number of nitrogens with zero attached hydrogens (tertiary/aromatic N) is 3. The Morgan fingerprint density at radius 1 is 0.852 bits per heavy atom. The molecule has 1 fully saturated rings. The lowest BCUT2D eigenvalue weighted by molar-refractivity contribution is -0.00576. The summed E-state index contributed by atoms with van der Waals surface area (Å²) in [6, 6.07) is 18.4. The average Bonchev–Trinajstić information content (AvgIpc) is 3.07. The van der Waals surface area contributed by atoms with Crippen LogP contribution in [0.4, 0.5) is 0 Å². The Balaban J connectivity index is 1.83. The first-order valence-electron chi connectivity index (χ1n) is 9.72. The molecule has 2 aromatic carbocycles. The highest BCUT2D eigenvalue weighted by Gasteiger charge is 2.35. The van der Waals surface area contributed by atoms with Crippen molar-refractivity contribution in [1.29, 1.82) is 0 Å². The fraction of sp³-hybridized carbons (Fsp3) is 0.304. The van der Waals surface area contributed by atoms with E-state index in [1.807, 2.05) is 30.3 Å².